The Labute approximate surface area is 115 Å². The predicted octanol–water partition coefficient (Wildman–Crippen LogP) is 1.66. The van der Waals surface area contributed by atoms with Crippen LogP contribution in [-0.4, -0.2) is 48.7 Å². The van der Waals surface area contributed by atoms with Crippen molar-refractivity contribution in [2.75, 3.05) is 31.6 Å². The first-order valence-electron chi connectivity index (χ1n) is 6.68. The summed E-state index contributed by atoms with van der Waals surface area (Å²) in [5, 5.41) is 9.33. The van der Waals surface area contributed by atoms with Gasteiger partial charge in [-0.25, -0.2) is 0 Å². The highest BCUT2D eigenvalue weighted by Gasteiger charge is 2.17. The van der Waals surface area contributed by atoms with Crippen molar-refractivity contribution in [3.05, 3.63) is 29.8 Å². The first kappa shape index (κ1) is 15.7. The summed E-state index contributed by atoms with van der Waals surface area (Å²) in [7, 11) is 1.84. The van der Waals surface area contributed by atoms with Crippen LogP contribution in [0.1, 0.15) is 19.4 Å². The fourth-order valence-electron chi connectivity index (χ4n) is 2.18. The van der Waals surface area contributed by atoms with Crippen LogP contribution in [0.4, 0.5) is 5.69 Å². The van der Waals surface area contributed by atoms with Crippen LogP contribution in [0.5, 0.6) is 0 Å². The van der Waals surface area contributed by atoms with Gasteiger partial charge in [0.15, 0.2) is 0 Å². The van der Waals surface area contributed by atoms with Crippen LogP contribution < -0.4 is 4.90 Å². The number of amides is 1. The molecule has 0 saturated heterocycles. The summed E-state index contributed by atoms with van der Waals surface area (Å²) in [6.07, 6.45) is -0.425. The van der Waals surface area contributed by atoms with Crippen LogP contribution in [0.25, 0.3) is 0 Å². The average molecular weight is 264 g/mol. The second-order valence-electron chi connectivity index (χ2n) is 4.97. The van der Waals surface area contributed by atoms with E-state index in [1.165, 1.54) is 0 Å². The maximum absolute atomic E-state index is 12.3. The Bertz CT molecular complexity index is 418. The molecule has 0 radical (unpaired) electrons. The van der Waals surface area contributed by atoms with E-state index in [1.807, 2.05) is 50.1 Å². The topological polar surface area (TPSA) is 43.8 Å². The molecule has 0 aliphatic heterocycles. The summed E-state index contributed by atoms with van der Waals surface area (Å²) in [5.41, 5.74) is 2.05. The van der Waals surface area contributed by atoms with E-state index >= 15 is 0 Å². The third-order valence-corrected chi connectivity index (χ3v) is 3.00. The number of rotatable bonds is 6. The predicted molar refractivity (Wildman–Crippen MR) is 78.4 cm³/mol. The van der Waals surface area contributed by atoms with Gasteiger partial charge in [-0.3, -0.25) is 9.69 Å². The summed E-state index contributed by atoms with van der Waals surface area (Å²) >= 11 is 0. The highest BCUT2D eigenvalue weighted by Crippen LogP contribution is 2.19. The minimum Gasteiger partial charge on any atom is -0.392 e. The SMILES string of the molecule is CCN(C(=O)CN(C)CC(C)O)c1ccccc1C. The molecule has 4 nitrogen and oxygen atoms in total. The molecule has 0 spiro atoms. The number of hydrogen-bond acceptors (Lipinski definition) is 3. The monoisotopic (exact) mass is 264 g/mol. The second-order valence-corrected chi connectivity index (χ2v) is 4.97. The number of carbonyl (C=O) groups excluding carboxylic acids is 1. The zero-order valence-corrected chi connectivity index (χ0v) is 12.3. The molecule has 1 N–H and O–H groups in total. The van der Waals surface area contributed by atoms with Gasteiger partial charge in [0, 0.05) is 18.8 Å². The van der Waals surface area contributed by atoms with E-state index in [-0.39, 0.29) is 5.91 Å². The van der Waals surface area contributed by atoms with Crippen LogP contribution >= 0.6 is 0 Å². The molecular weight excluding hydrogens is 240 g/mol. The van der Waals surface area contributed by atoms with Gasteiger partial charge in [-0.15, -0.1) is 0 Å². The lowest BCUT2D eigenvalue weighted by Crippen LogP contribution is -2.41. The van der Waals surface area contributed by atoms with E-state index in [1.54, 1.807) is 11.8 Å². The summed E-state index contributed by atoms with van der Waals surface area (Å²) in [6.45, 7) is 7.15. The Hall–Kier alpha value is -1.39. The molecule has 1 unspecified atom stereocenters. The molecule has 106 valence electrons. The fraction of sp³-hybridized carbons (Fsp3) is 0.533. The summed E-state index contributed by atoms with van der Waals surface area (Å²) < 4.78 is 0. The van der Waals surface area contributed by atoms with E-state index in [4.69, 9.17) is 0 Å². The third-order valence-electron chi connectivity index (χ3n) is 3.00. The summed E-state index contributed by atoms with van der Waals surface area (Å²) in [4.78, 5) is 15.9. The number of para-hydroxylation sites is 1. The van der Waals surface area contributed by atoms with Crippen LogP contribution in [0.3, 0.4) is 0 Å². The first-order valence-corrected chi connectivity index (χ1v) is 6.68. The van der Waals surface area contributed by atoms with Gasteiger partial charge < -0.3 is 10.0 Å². The number of aliphatic hydroxyl groups excluding tert-OH is 1. The van der Waals surface area contributed by atoms with E-state index in [2.05, 4.69) is 0 Å². The molecule has 0 bridgehead atoms. The van der Waals surface area contributed by atoms with Gasteiger partial charge in [-0.1, -0.05) is 18.2 Å². The molecule has 1 aromatic rings. The van der Waals surface area contributed by atoms with Crippen LogP contribution in [-0.2, 0) is 4.79 Å². The van der Waals surface area contributed by atoms with Crippen molar-refractivity contribution in [3.63, 3.8) is 0 Å². The molecule has 4 heteroatoms. The second kappa shape index (κ2) is 7.26. The number of hydrogen-bond donors (Lipinski definition) is 1. The van der Waals surface area contributed by atoms with Crippen molar-refractivity contribution in [1.82, 2.24) is 4.90 Å². The lowest BCUT2D eigenvalue weighted by molar-refractivity contribution is -0.119. The van der Waals surface area contributed by atoms with Crippen molar-refractivity contribution in [2.45, 2.75) is 26.9 Å². The molecule has 0 aliphatic carbocycles. The summed E-state index contributed by atoms with van der Waals surface area (Å²) in [6, 6.07) is 7.88. The van der Waals surface area contributed by atoms with E-state index in [0.29, 0.717) is 19.6 Å². The van der Waals surface area contributed by atoms with Gasteiger partial charge in [0.2, 0.25) is 5.91 Å². The highest BCUT2D eigenvalue weighted by atomic mass is 16.3. The molecule has 0 saturated carbocycles. The normalized spacial score (nSPS) is 12.5. The van der Waals surface area contributed by atoms with Gasteiger partial charge in [-0.2, -0.15) is 0 Å². The van der Waals surface area contributed by atoms with Crippen LogP contribution in [0.15, 0.2) is 24.3 Å². The van der Waals surface area contributed by atoms with Gasteiger partial charge in [0.05, 0.1) is 12.6 Å². The Morgan fingerprint density at radius 1 is 1.37 bits per heavy atom. The average Bonchev–Trinajstić information content (AvgIpc) is 2.31. The lowest BCUT2D eigenvalue weighted by atomic mass is 10.2. The van der Waals surface area contributed by atoms with E-state index < -0.39 is 6.10 Å². The molecular formula is C15H24N2O2. The van der Waals surface area contributed by atoms with Gasteiger partial charge in [-0.05, 0) is 39.4 Å². The third kappa shape index (κ3) is 4.65. The zero-order chi connectivity index (χ0) is 14.4. The molecule has 0 aliphatic rings. The quantitative estimate of drug-likeness (QED) is 0.850. The van der Waals surface area contributed by atoms with Crippen molar-refractivity contribution in [1.29, 1.82) is 0 Å². The Kier molecular flexibility index (Phi) is 5.99. The fourth-order valence-corrected chi connectivity index (χ4v) is 2.18. The maximum Gasteiger partial charge on any atom is 0.241 e. The standard InChI is InChI=1S/C15H24N2O2/c1-5-17(14-9-7-6-8-12(14)2)15(19)11-16(4)10-13(3)18/h6-9,13,18H,5,10-11H2,1-4H3. The number of anilines is 1. The van der Waals surface area contributed by atoms with E-state index in [9.17, 15) is 9.90 Å². The van der Waals surface area contributed by atoms with Gasteiger partial charge in [0.1, 0.15) is 0 Å². The number of aliphatic hydroxyl groups is 1. The first-order chi connectivity index (χ1) is 8.95. The highest BCUT2D eigenvalue weighted by molar-refractivity contribution is 5.95. The van der Waals surface area contributed by atoms with Gasteiger partial charge >= 0.3 is 0 Å². The molecule has 1 aromatic carbocycles. The number of aryl methyl sites for hydroxylation is 1. The molecule has 0 fully saturated rings. The Morgan fingerprint density at radius 3 is 2.53 bits per heavy atom. The smallest absolute Gasteiger partial charge is 0.241 e. The largest absolute Gasteiger partial charge is 0.392 e. The van der Waals surface area contributed by atoms with Crippen molar-refractivity contribution in [3.8, 4) is 0 Å². The Morgan fingerprint density at radius 2 is 2.00 bits per heavy atom. The lowest BCUT2D eigenvalue weighted by Gasteiger charge is -2.26. The number of carbonyl (C=O) groups is 1. The van der Waals surface area contributed by atoms with Crippen molar-refractivity contribution >= 4 is 11.6 Å². The molecule has 0 heterocycles. The van der Waals surface area contributed by atoms with E-state index in [0.717, 1.165) is 11.3 Å². The molecule has 19 heavy (non-hydrogen) atoms. The molecule has 0 aromatic heterocycles. The number of likely N-dealkylation sites (N-methyl/N-ethyl adjacent to an activating group) is 2. The minimum absolute atomic E-state index is 0.0555. The Balaban J connectivity index is 2.75. The number of benzene rings is 1. The minimum atomic E-state index is -0.425. The molecule has 1 rings (SSSR count). The zero-order valence-electron chi connectivity index (χ0n) is 12.3. The molecule has 1 amide bonds. The van der Waals surface area contributed by atoms with Crippen LogP contribution in [0, 0.1) is 6.92 Å². The van der Waals surface area contributed by atoms with Gasteiger partial charge in [0.25, 0.3) is 0 Å². The maximum atomic E-state index is 12.3. The van der Waals surface area contributed by atoms with Crippen molar-refractivity contribution < 1.29 is 9.90 Å². The van der Waals surface area contributed by atoms with Crippen LogP contribution in [0.2, 0.25) is 0 Å². The molecule has 1 atom stereocenters. The van der Waals surface area contributed by atoms with Crippen molar-refractivity contribution in [2.24, 2.45) is 0 Å². The number of nitrogens with zero attached hydrogens (tertiary/aromatic N) is 2. The summed E-state index contributed by atoms with van der Waals surface area (Å²) in [5.74, 6) is 0.0555.